The molecule has 1 aromatic rings. The van der Waals surface area contributed by atoms with E-state index in [0.717, 1.165) is 6.42 Å². The maximum atomic E-state index is 13.8. The number of benzene rings is 1. The van der Waals surface area contributed by atoms with Gasteiger partial charge in [0.1, 0.15) is 11.9 Å². The Morgan fingerprint density at radius 2 is 2.23 bits per heavy atom. The standard InChI is InChI=1S/C15H19ClFN3O2/c1-8-6-7-18-14(21)13(8)20-15(22)19-9(2)12-10(16)4-3-5-11(12)17/h3-5,8-9,13H,6-7H2,1-2H3,(H,18,21)(H2,19,20,22). The van der Waals surface area contributed by atoms with Crippen molar-refractivity contribution in [3.05, 3.63) is 34.6 Å². The van der Waals surface area contributed by atoms with E-state index in [1.165, 1.54) is 12.1 Å². The minimum atomic E-state index is -0.615. The van der Waals surface area contributed by atoms with E-state index >= 15 is 0 Å². The van der Waals surface area contributed by atoms with Crippen LogP contribution in [0.15, 0.2) is 18.2 Å². The van der Waals surface area contributed by atoms with Gasteiger partial charge < -0.3 is 16.0 Å². The van der Waals surface area contributed by atoms with Crippen molar-refractivity contribution in [3.63, 3.8) is 0 Å². The summed E-state index contributed by atoms with van der Waals surface area (Å²) in [6.07, 6.45) is 0.797. The fourth-order valence-corrected chi connectivity index (χ4v) is 2.87. The summed E-state index contributed by atoms with van der Waals surface area (Å²) in [7, 11) is 0. The number of amides is 3. The molecule has 1 aliphatic rings. The fraction of sp³-hybridized carbons (Fsp3) is 0.467. The first kappa shape index (κ1) is 16.5. The molecule has 3 N–H and O–H groups in total. The van der Waals surface area contributed by atoms with Gasteiger partial charge in [-0.1, -0.05) is 24.6 Å². The first-order valence-electron chi connectivity index (χ1n) is 7.18. The summed E-state index contributed by atoms with van der Waals surface area (Å²) in [5.74, 6) is -0.638. The van der Waals surface area contributed by atoms with Crippen LogP contribution in [-0.4, -0.2) is 24.5 Å². The molecule has 0 saturated carbocycles. The molecule has 0 spiro atoms. The number of rotatable bonds is 3. The maximum Gasteiger partial charge on any atom is 0.315 e. The lowest BCUT2D eigenvalue weighted by Gasteiger charge is -2.29. The molecular weight excluding hydrogens is 309 g/mol. The molecule has 120 valence electrons. The Kier molecular flexibility index (Phi) is 5.24. The van der Waals surface area contributed by atoms with E-state index in [0.29, 0.717) is 6.54 Å². The molecule has 0 radical (unpaired) electrons. The van der Waals surface area contributed by atoms with Crippen molar-refractivity contribution in [2.45, 2.75) is 32.4 Å². The van der Waals surface area contributed by atoms with E-state index in [1.54, 1.807) is 13.0 Å². The average Bonchev–Trinajstić information content (AvgIpc) is 2.43. The zero-order chi connectivity index (χ0) is 16.3. The molecule has 22 heavy (non-hydrogen) atoms. The van der Waals surface area contributed by atoms with E-state index < -0.39 is 23.9 Å². The summed E-state index contributed by atoms with van der Waals surface area (Å²) in [4.78, 5) is 23.8. The number of urea groups is 1. The summed E-state index contributed by atoms with van der Waals surface area (Å²) >= 11 is 5.97. The van der Waals surface area contributed by atoms with Crippen molar-refractivity contribution in [1.29, 1.82) is 0 Å². The molecule has 1 aromatic carbocycles. The molecule has 2 rings (SSSR count). The third kappa shape index (κ3) is 3.68. The molecule has 1 heterocycles. The van der Waals surface area contributed by atoms with Crippen molar-refractivity contribution in [2.24, 2.45) is 5.92 Å². The molecule has 5 nitrogen and oxygen atoms in total. The van der Waals surface area contributed by atoms with Crippen molar-refractivity contribution < 1.29 is 14.0 Å². The second kappa shape index (κ2) is 6.96. The van der Waals surface area contributed by atoms with Crippen LogP contribution in [0.25, 0.3) is 0 Å². The number of hydrogen-bond acceptors (Lipinski definition) is 2. The van der Waals surface area contributed by atoms with Crippen LogP contribution in [0.1, 0.15) is 31.9 Å². The average molecular weight is 328 g/mol. The number of halogens is 2. The third-order valence-electron chi connectivity index (χ3n) is 3.82. The number of carbonyl (C=O) groups excluding carboxylic acids is 2. The van der Waals surface area contributed by atoms with Crippen LogP contribution in [0.2, 0.25) is 5.02 Å². The lowest BCUT2D eigenvalue weighted by atomic mass is 9.94. The lowest BCUT2D eigenvalue weighted by molar-refractivity contribution is -0.125. The second-order valence-corrected chi connectivity index (χ2v) is 5.92. The van der Waals surface area contributed by atoms with Gasteiger partial charge in [0.2, 0.25) is 5.91 Å². The molecule has 1 aliphatic heterocycles. The summed E-state index contributed by atoms with van der Waals surface area (Å²) < 4.78 is 13.8. The Morgan fingerprint density at radius 3 is 2.86 bits per heavy atom. The van der Waals surface area contributed by atoms with Crippen LogP contribution in [0.4, 0.5) is 9.18 Å². The zero-order valence-electron chi connectivity index (χ0n) is 12.5. The molecular formula is C15H19ClFN3O2. The van der Waals surface area contributed by atoms with E-state index in [9.17, 15) is 14.0 Å². The summed E-state index contributed by atoms with van der Waals surface area (Å²) in [6, 6.07) is 2.62. The first-order valence-corrected chi connectivity index (χ1v) is 7.56. The Morgan fingerprint density at radius 1 is 1.50 bits per heavy atom. The van der Waals surface area contributed by atoms with E-state index in [-0.39, 0.29) is 22.4 Å². The monoisotopic (exact) mass is 327 g/mol. The van der Waals surface area contributed by atoms with Gasteiger partial charge in [0, 0.05) is 17.1 Å². The highest BCUT2D eigenvalue weighted by Gasteiger charge is 2.30. The van der Waals surface area contributed by atoms with Crippen LogP contribution >= 0.6 is 11.6 Å². The predicted octanol–water partition coefficient (Wildman–Crippen LogP) is 2.36. The largest absolute Gasteiger partial charge is 0.354 e. The van der Waals surface area contributed by atoms with Gasteiger partial charge >= 0.3 is 6.03 Å². The van der Waals surface area contributed by atoms with Crippen molar-refractivity contribution in [2.75, 3.05) is 6.54 Å². The Labute approximate surface area is 133 Å². The number of hydrogen-bond donors (Lipinski definition) is 3. The normalized spacial score (nSPS) is 22.6. The van der Waals surface area contributed by atoms with Gasteiger partial charge in [0.15, 0.2) is 0 Å². The SMILES string of the molecule is CC(NC(=O)NC1C(=O)NCCC1C)c1c(F)cccc1Cl. The second-order valence-electron chi connectivity index (χ2n) is 5.51. The van der Waals surface area contributed by atoms with Crippen molar-refractivity contribution in [1.82, 2.24) is 16.0 Å². The van der Waals surface area contributed by atoms with Crippen LogP contribution < -0.4 is 16.0 Å². The third-order valence-corrected chi connectivity index (χ3v) is 4.15. The van der Waals surface area contributed by atoms with Gasteiger partial charge in [-0.15, -0.1) is 0 Å². The van der Waals surface area contributed by atoms with Gasteiger partial charge in [-0.25, -0.2) is 9.18 Å². The molecule has 0 bridgehead atoms. The van der Waals surface area contributed by atoms with Crippen molar-refractivity contribution in [3.8, 4) is 0 Å². The zero-order valence-corrected chi connectivity index (χ0v) is 13.2. The Hall–Kier alpha value is -1.82. The quantitative estimate of drug-likeness (QED) is 0.797. The Balaban J connectivity index is 2.01. The molecule has 1 fully saturated rings. The maximum absolute atomic E-state index is 13.8. The van der Waals surface area contributed by atoms with Crippen LogP contribution in [0.5, 0.6) is 0 Å². The molecule has 0 aromatic heterocycles. The highest BCUT2D eigenvalue weighted by molar-refractivity contribution is 6.31. The van der Waals surface area contributed by atoms with Crippen molar-refractivity contribution >= 4 is 23.5 Å². The lowest BCUT2D eigenvalue weighted by Crippen LogP contribution is -2.56. The van der Waals surface area contributed by atoms with E-state index in [1.807, 2.05) is 6.92 Å². The molecule has 3 atom stereocenters. The molecule has 3 unspecified atom stereocenters. The number of carbonyl (C=O) groups is 2. The minimum absolute atomic E-state index is 0.0480. The molecule has 3 amide bonds. The van der Waals surface area contributed by atoms with Gasteiger partial charge in [-0.3, -0.25) is 4.79 Å². The molecule has 0 aliphatic carbocycles. The summed E-state index contributed by atoms with van der Waals surface area (Å²) in [6.45, 7) is 4.15. The number of nitrogens with one attached hydrogen (secondary N) is 3. The van der Waals surface area contributed by atoms with Gasteiger partial charge in [-0.05, 0) is 31.4 Å². The fourth-order valence-electron chi connectivity index (χ4n) is 2.54. The number of piperidine rings is 1. The first-order chi connectivity index (χ1) is 10.4. The summed E-state index contributed by atoms with van der Waals surface area (Å²) in [5, 5.41) is 8.20. The van der Waals surface area contributed by atoms with E-state index in [2.05, 4.69) is 16.0 Å². The van der Waals surface area contributed by atoms with Gasteiger partial charge in [-0.2, -0.15) is 0 Å². The Bertz CT molecular complexity index is 562. The highest BCUT2D eigenvalue weighted by atomic mass is 35.5. The molecule has 7 heteroatoms. The topological polar surface area (TPSA) is 70.2 Å². The van der Waals surface area contributed by atoms with Gasteiger partial charge in [0.05, 0.1) is 6.04 Å². The van der Waals surface area contributed by atoms with Crippen LogP contribution in [0, 0.1) is 11.7 Å². The van der Waals surface area contributed by atoms with Gasteiger partial charge in [0.25, 0.3) is 0 Å². The van der Waals surface area contributed by atoms with Crippen LogP contribution in [-0.2, 0) is 4.79 Å². The van der Waals surface area contributed by atoms with Crippen LogP contribution in [0.3, 0.4) is 0 Å². The van der Waals surface area contributed by atoms with E-state index in [4.69, 9.17) is 11.6 Å². The minimum Gasteiger partial charge on any atom is -0.354 e. The smallest absolute Gasteiger partial charge is 0.315 e. The predicted molar refractivity (Wildman–Crippen MR) is 82.1 cm³/mol. The highest BCUT2D eigenvalue weighted by Crippen LogP contribution is 2.25. The summed E-state index contributed by atoms with van der Waals surface area (Å²) in [5.41, 5.74) is 0.223. The molecule has 1 saturated heterocycles.